The summed E-state index contributed by atoms with van der Waals surface area (Å²) < 4.78 is 1.89. The molecule has 0 aliphatic heterocycles. The van der Waals surface area contributed by atoms with Crippen molar-refractivity contribution in [2.45, 2.75) is 38.4 Å². The molecule has 1 amide bonds. The van der Waals surface area contributed by atoms with Crippen molar-refractivity contribution < 1.29 is 4.79 Å². The monoisotopic (exact) mass is 471 g/mol. The van der Waals surface area contributed by atoms with Crippen LogP contribution in [0.25, 0.3) is 11.3 Å². The normalized spacial score (nSPS) is 15.2. The Bertz CT molecular complexity index is 1260. The van der Waals surface area contributed by atoms with Crippen LogP contribution in [-0.4, -0.2) is 38.7 Å². The predicted molar refractivity (Wildman–Crippen MR) is 136 cm³/mol. The van der Waals surface area contributed by atoms with Gasteiger partial charge in [-0.1, -0.05) is 60.7 Å². The van der Waals surface area contributed by atoms with E-state index in [4.69, 9.17) is 4.98 Å². The number of carbonyl (C=O) groups is 1. The number of fused-ring (bicyclic) bond motifs is 1. The lowest BCUT2D eigenvalue weighted by Gasteiger charge is -2.24. The molecule has 5 rings (SSSR count). The van der Waals surface area contributed by atoms with Crippen LogP contribution in [0.2, 0.25) is 0 Å². The number of carbonyl (C=O) groups excluding carboxylic acids is 1. The zero-order chi connectivity index (χ0) is 23.5. The second-order valence-corrected chi connectivity index (χ2v) is 9.80. The fraction of sp³-hybridized carbons (Fsp3) is 0.296. The highest BCUT2D eigenvalue weighted by molar-refractivity contribution is 7.09. The Morgan fingerprint density at radius 2 is 1.88 bits per heavy atom. The molecule has 2 aromatic heterocycles. The number of nitrogens with one attached hydrogen (secondary N) is 1. The molecule has 1 aliphatic rings. The van der Waals surface area contributed by atoms with E-state index in [9.17, 15) is 4.79 Å². The molecule has 1 aliphatic carbocycles. The Balaban J connectivity index is 1.25. The van der Waals surface area contributed by atoms with Gasteiger partial charge in [0.2, 0.25) is 0 Å². The lowest BCUT2D eigenvalue weighted by molar-refractivity contribution is 0.0777. The van der Waals surface area contributed by atoms with Crippen LogP contribution in [0.15, 0.2) is 66.0 Å². The Kier molecular flexibility index (Phi) is 6.56. The van der Waals surface area contributed by atoms with Gasteiger partial charge in [-0.2, -0.15) is 5.10 Å². The van der Waals surface area contributed by atoms with Crippen LogP contribution >= 0.6 is 11.3 Å². The number of benzene rings is 2. The molecule has 0 saturated carbocycles. The third-order valence-corrected chi connectivity index (χ3v) is 7.28. The van der Waals surface area contributed by atoms with Gasteiger partial charge in [0, 0.05) is 55.4 Å². The van der Waals surface area contributed by atoms with Gasteiger partial charge < -0.3 is 10.2 Å². The van der Waals surface area contributed by atoms with Crippen LogP contribution in [0.5, 0.6) is 0 Å². The van der Waals surface area contributed by atoms with Crippen LogP contribution in [0.4, 0.5) is 0 Å². The summed E-state index contributed by atoms with van der Waals surface area (Å²) in [5.41, 5.74) is 6.12. The predicted octanol–water partition coefficient (Wildman–Crippen LogP) is 4.46. The van der Waals surface area contributed by atoms with E-state index >= 15 is 0 Å². The van der Waals surface area contributed by atoms with E-state index in [1.54, 1.807) is 16.2 Å². The largest absolute Gasteiger partial charge is 0.336 e. The third-order valence-electron chi connectivity index (χ3n) is 6.43. The first-order valence-corrected chi connectivity index (χ1v) is 12.5. The van der Waals surface area contributed by atoms with Gasteiger partial charge in [0.1, 0.15) is 5.01 Å². The Labute approximate surface area is 204 Å². The first-order chi connectivity index (χ1) is 16.6. The summed E-state index contributed by atoms with van der Waals surface area (Å²) in [6.45, 7) is 1.30. The average molecular weight is 472 g/mol. The number of hydrogen-bond donors (Lipinski definition) is 1. The highest BCUT2D eigenvalue weighted by Crippen LogP contribution is 2.26. The highest BCUT2D eigenvalue weighted by Gasteiger charge is 2.29. The van der Waals surface area contributed by atoms with Gasteiger partial charge >= 0.3 is 0 Å². The van der Waals surface area contributed by atoms with Gasteiger partial charge in [0.05, 0.1) is 5.69 Å². The lowest BCUT2D eigenvalue weighted by atomic mass is 9.91. The van der Waals surface area contributed by atoms with Gasteiger partial charge in [-0.05, 0) is 24.8 Å². The smallest absolute Gasteiger partial charge is 0.274 e. The topological polar surface area (TPSA) is 63.1 Å². The van der Waals surface area contributed by atoms with E-state index in [0.717, 1.165) is 53.2 Å². The summed E-state index contributed by atoms with van der Waals surface area (Å²) in [6.07, 6.45) is 2.75. The van der Waals surface area contributed by atoms with Crippen molar-refractivity contribution in [1.82, 2.24) is 25.0 Å². The lowest BCUT2D eigenvalue weighted by Crippen LogP contribution is -2.35. The minimum Gasteiger partial charge on any atom is -0.336 e. The van der Waals surface area contributed by atoms with Crippen LogP contribution < -0.4 is 5.32 Å². The molecule has 0 radical (unpaired) electrons. The molecule has 2 heterocycles. The molecule has 0 fully saturated rings. The molecular formula is C27H29N5OS. The Morgan fingerprint density at radius 3 is 2.65 bits per heavy atom. The molecular weight excluding hydrogens is 442 g/mol. The zero-order valence-corrected chi connectivity index (χ0v) is 20.4. The third kappa shape index (κ3) is 4.81. The number of aromatic nitrogens is 3. The van der Waals surface area contributed by atoms with E-state index in [-0.39, 0.29) is 5.91 Å². The molecule has 7 heteroatoms. The molecule has 0 saturated heterocycles. The van der Waals surface area contributed by atoms with Gasteiger partial charge in [-0.3, -0.25) is 9.48 Å². The van der Waals surface area contributed by atoms with Gasteiger partial charge in [-0.15, -0.1) is 11.3 Å². The van der Waals surface area contributed by atoms with Crippen LogP contribution in [0.3, 0.4) is 0 Å². The van der Waals surface area contributed by atoms with Crippen molar-refractivity contribution in [1.29, 1.82) is 0 Å². The maximum absolute atomic E-state index is 13.3. The average Bonchev–Trinajstić information content (AvgIpc) is 3.48. The number of thiazole rings is 1. The van der Waals surface area contributed by atoms with Crippen molar-refractivity contribution in [2.75, 3.05) is 7.05 Å². The van der Waals surface area contributed by atoms with E-state index < -0.39 is 0 Å². The van der Waals surface area contributed by atoms with Gasteiger partial charge in [-0.25, -0.2) is 4.98 Å². The molecule has 4 aromatic rings. The molecule has 6 nitrogen and oxygen atoms in total. The summed E-state index contributed by atoms with van der Waals surface area (Å²) in [5.74, 6) is -0.0196. The zero-order valence-electron chi connectivity index (χ0n) is 19.6. The van der Waals surface area contributed by atoms with Crippen molar-refractivity contribution >= 4 is 17.2 Å². The number of rotatable bonds is 7. The minimum atomic E-state index is -0.0196. The summed E-state index contributed by atoms with van der Waals surface area (Å²) in [4.78, 5) is 19.8. The standard InChI is InChI=1S/C27H29N5OS/c1-31(17-19-9-5-3-6-10-19)27(33)26-22-15-21(13-14-24(22)32(2)30-26)28-16-25-29-23(18-34-25)20-11-7-4-8-12-20/h3-12,18,21,28H,13-17H2,1-2H3. The summed E-state index contributed by atoms with van der Waals surface area (Å²) in [5, 5.41) is 11.5. The quantitative estimate of drug-likeness (QED) is 0.432. The van der Waals surface area contributed by atoms with E-state index in [2.05, 4.69) is 27.9 Å². The maximum Gasteiger partial charge on any atom is 0.274 e. The number of nitrogens with zero attached hydrogens (tertiary/aromatic N) is 4. The highest BCUT2D eigenvalue weighted by atomic mass is 32.1. The first-order valence-electron chi connectivity index (χ1n) is 11.7. The van der Waals surface area contributed by atoms with Crippen molar-refractivity contribution in [3.05, 3.63) is 93.6 Å². The van der Waals surface area contributed by atoms with E-state index in [1.807, 2.05) is 67.3 Å². The fourth-order valence-corrected chi connectivity index (χ4v) is 5.36. The second-order valence-electron chi connectivity index (χ2n) is 8.86. The Hall–Kier alpha value is -3.29. The molecule has 0 spiro atoms. The molecule has 1 N–H and O–H groups in total. The fourth-order valence-electron chi connectivity index (χ4n) is 4.61. The summed E-state index contributed by atoms with van der Waals surface area (Å²) in [7, 11) is 3.79. The van der Waals surface area contributed by atoms with Crippen LogP contribution in [-0.2, 0) is 33.0 Å². The molecule has 1 unspecified atom stereocenters. The summed E-state index contributed by atoms with van der Waals surface area (Å²) in [6, 6.07) is 20.6. The van der Waals surface area contributed by atoms with Gasteiger partial charge in [0.15, 0.2) is 5.69 Å². The number of hydrogen-bond acceptors (Lipinski definition) is 5. The van der Waals surface area contributed by atoms with Crippen molar-refractivity contribution in [2.24, 2.45) is 7.05 Å². The molecule has 174 valence electrons. The molecule has 34 heavy (non-hydrogen) atoms. The second kappa shape index (κ2) is 9.91. The van der Waals surface area contributed by atoms with E-state index in [1.165, 1.54) is 5.69 Å². The minimum absolute atomic E-state index is 0.0196. The summed E-state index contributed by atoms with van der Waals surface area (Å²) >= 11 is 1.68. The molecule has 1 atom stereocenters. The van der Waals surface area contributed by atoms with Crippen LogP contribution in [0, 0.1) is 0 Å². The Morgan fingerprint density at radius 1 is 1.15 bits per heavy atom. The van der Waals surface area contributed by atoms with Crippen LogP contribution in [0.1, 0.15) is 38.7 Å². The van der Waals surface area contributed by atoms with Gasteiger partial charge in [0.25, 0.3) is 5.91 Å². The number of amides is 1. The number of aryl methyl sites for hydroxylation is 1. The van der Waals surface area contributed by atoms with Crippen molar-refractivity contribution in [3.63, 3.8) is 0 Å². The maximum atomic E-state index is 13.3. The molecule has 0 bridgehead atoms. The van der Waals surface area contributed by atoms with Crippen molar-refractivity contribution in [3.8, 4) is 11.3 Å². The first kappa shape index (κ1) is 22.5. The molecule has 2 aromatic carbocycles. The van der Waals surface area contributed by atoms with E-state index in [0.29, 0.717) is 18.3 Å². The SMILES string of the molecule is CN(Cc1ccccc1)C(=O)c1nn(C)c2c1CC(NCc1nc(-c3ccccc3)cs1)CC2.